The molecule has 0 aliphatic rings. The van der Waals surface area contributed by atoms with Crippen LogP contribution in [-0.4, -0.2) is 18.8 Å². The van der Waals surface area contributed by atoms with Crippen molar-refractivity contribution in [3.63, 3.8) is 0 Å². The van der Waals surface area contributed by atoms with Crippen LogP contribution >= 0.6 is 0 Å². The van der Waals surface area contributed by atoms with E-state index in [-0.39, 0.29) is 5.75 Å². The zero-order valence-corrected chi connectivity index (χ0v) is 9.69. The van der Waals surface area contributed by atoms with E-state index in [2.05, 4.69) is 15.2 Å². The number of para-hydroxylation sites is 1. The highest BCUT2D eigenvalue weighted by molar-refractivity contribution is 5.65. The highest BCUT2D eigenvalue weighted by Crippen LogP contribution is 2.31. The smallest absolute Gasteiger partial charge is 0.387 e. The van der Waals surface area contributed by atoms with Crippen molar-refractivity contribution in [2.75, 3.05) is 7.05 Å². The Morgan fingerprint density at radius 3 is 2.89 bits per heavy atom. The Labute approximate surface area is 103 Å². The summed E-state index contributed by atoms with van der Waals surface area (Å²) in [6, 6.07) is 8.12. The van der Waals surface area contributed by atoms with Crippen molar-refractivity contribution in [3.8, 4) is 17.1 Å². The van der Waals surface area contributed by atoms with E-state index in [9.17, 15) is 8.78 Å². The molecule has 4 nitrogen and oxygen atoms in total. The fourth-order valence-electron chi connectivity index (χ4n) is 1.57. The lowest BCUT2D eigenvalue weighted by atomic mass is 10.1. The van der Waals surface area contributed by atoms with Crippen LogP contribution in [0.2, 0.25) is 0 Å². The first kappa shape index (κ1) is 12.5. The number of rotatable bonds is 5. The van der Waals surface area contributed by atoms with Gasteiger partial charge >= 0.3 is 6.61 Å². The molecule has 2 aromatic rings. The molecule has 1 heterocycles. The van der Waals surface area contributed by atoms with Crippen LogP contribution in [0.1, 0.15) is 5.69 Å². The number of nitrogens with zero attached hydrogens (tertiary/aromatic N) is 1. The number of hydrogen-bond acceptors (Lipinski definition) is 4. The lowest BCUT2D eigenvalue weighted by molar-refractivity contribution is -0.0495. The van der Waals surface area contributed by atoms with E-state index in [1.165, 1.54) is 6.07 Å². The van der Waals surface area contributed by atoms with Gasteiger partial charge in [-0.2, -0.15) is 8.78 Å². The van der Waals surface area contributed by atoms with Gasteiger partial charge in [-0.05, 0) is 19.2 Å². The predicted octanol–water partition coefficient (Wildman–Crippen LogP) is 2.66. The maximum atomic E-state index is 12.3. The Bertz CT molecular complexity index is 514. The van der Waals surface area contributed by atoms with Gasteiger partial charge in [-0.25, -0.2) is 0 Å². The highest BCUT2D eigenvalue weighted by atomic mass is 19.3. The summed E-state index contributed by atoms with van der Waals surface area (Å²) in [4.78, 5) is 0. The van der Waals surface area contributed by atoms with Gasteiger partial charge in [0.2, 0.25) is 0 Å². The fraction of sp³-hybridized carbons (Fsp3) is 0.250. The van der Waals surface area contributed by atoms with Gasteiger partial charge in [-0.1, -0.05) is 17.3 Å². The summed E-state index contributed by atoms with van der Waals surface area (Å²) in [7, 11) is 1.78. The van der Waals surface area contributed by atoms with Gasteiger partial charge < -0.3 is 14.6 Å². The molecule has 1 aromatic carbocycles. The number of halogens is 2. The minimum atomic E-state index is -2.87. The Hall–Kier alpha value is -1.95. The summed E-state index contributed by atoms with van der Waals surface area (Å²) in [6.07, 6.45) is 0. The second kappa shape index (κ2) is 5.59. The van der Waals surface area contributed by atoms with Gasteiger partial charge in [0, 0.05) is 12.6 Å². The Balaban J connectivity index is 2.30. The molecule has 1 aromatic heterocycles. The maximum absolute atomic E-state index is 12.3. The summed E-state index contributed by atoms with van der Waals surface area (Å²) >= 11 is 0. The van der Waals surface area contributed by atoms with Crippen molar-refractivity contribution in [2.45, 2.75) is 13.2 Å². The molecule has 0 amide bonds. The van der Waals surface area contributed by atoms with E-state index in [0.29, 0.717) is 23.6 Å². The van der Waals surface area contributed by atoms with Crippen LogP contribution in [0.25, 0.3) is 11.3 Å². The van der Waals surface area contributed by atoms with Crippen LogP contribution < -0.4 is 10.1 Å². The standard InChI is InChI=1S/C12H12F2N2O2/c1-15-7-8-6-11(18-16-8)9-4-2-3-5-10(9)17-12(13)14/h2-6,12,15H,7H2,1H3. The van der Waals surface area contributed by atoms with Crippen molar-refractivity contribution in [1.82, 2.24) is 10.5 Å². The molecule has 0 atom stereocenters. The van der Waals surface area contributed by atoms with Gasteiger partial charge in [0.1, 0.15) is 5.75 Å². The normalized spacial score (nSPS) is 10.9. The van der Waals surface area contributed by atoms with Crippen molar-refractivity contribution in [3.05, 3.63) is 36.0 Å². The number of aromatic nitrogens is 1. The van der Waals surface area contributed by atoms with Crippen LogP contribution in [0.15, 0.2) is 34.9 Å². The van der Waals surface area contributed by atoms with Gasteiger partial charge in [0.25, 0.3) is 0 Å². The molecular weight excluding hydrogens is 242 g/mol. The van der Waals surface area contributed by atoms with Crippen molar-refractivity contribution >= 4 is 0 Å². The average Bonchev–Trinajstić information content (AvgIpc) is 2.78. The zero-order valence-electron chi connectivity index (χ0n) is 9.69. The first-order valence-corrected chi connectivity index (χ1v) is 5.35. The molecule has 18 heavy (non-hydrogen) atoms. The van der Waals surface area contributed by atoms with E-state index in [1.807, 2.05) is 0 Å². The summed E-state index contributed by atoms with van der Waals surface area (Å²) in [6.45, 7) is -2.33. The molecule has 0 radical (unpaired) electrons. The molecule has 0 saturated heterocycles. The second-order valence-electron chi connectivity index (χ2n) is 3.59. The second-order valence-corrected chi connectivity index (χ2v) is 3.59. The molecule has 0 unspecified atom stereocenters. The van der Waals surface area contributed by atoms with E-state index < -0.39 is 6.61 Å². The van der Waals surface area contributed by atoms with Gasteiger partial charge in [-0.15, -0.1) is 0 Å². The summed E-state index contributed by atoms with van der Waals surface area (Å²) < 4.78 is 34.1. The van der Waals surface area contributed by atoms with E-state index in [4.69, 9.17) is 4.52 Å². The Morgan fingerprint density at radius 2 is 2.17 bits per heavy atom. The number of alkyl halides is 2. The average molecular weight is 254 g/mol. The minimum Gasteiger partial charge on any atom is -0.434 e. The lowest BCUT2D eigenvalue weighted by Gasteiger charge is -2.07. The predicted molar refractivity (Wildman–Crippen MR) is 61.3 cm³/mol. The number of nitrogens with one attached hydrogen (secondary N) is 1. The summed E-state index contributed by atoms with van der Waals surface area (Å²) in [5.41, 5.74) is 1.15. The number of ether oxygens (including phenoxy) is 1. The molecule has 0 aliphatic carbocycles. The third-order valence-corrected chi connectivity index (χ3v) is 2.29. The molecule has 0 saturated carbocycles. The van der Waals surface area contributed by atoms with Crippen molar-refractivity contribution in [1.29, 1.82) is 0 Å². The molecule has 0 aliphatic heterocycles. The van der Waals surface area contributed by atoms with Crippen LogP contribution in [-0.2, 0) is 6.54 Å². The maximum Gasteiger partial charge on any atom is 0.387 e. The molecule has 6 heteroatoms. The van der Waals surface area contributed by atoms with Crippen molar-refractivity contribution < 1.29 is 18.0 Å². The molecule has 2 rings (SSSR count). The van der Waals surface area contributed by atoms with Gasteiger partial charge in [0.05, 0.1) is 11.3 Å². The highest BCUT2D eigenvalue weighted by Gasteiger charge is 2.14. The zero-order chi connectivity index (χ0) is 13.0. The molecule has 0 bridgehead atoms. The molecular formula is C12H12F2N2O2. The SMILES string of the molecule is CNCc1cc(-c2ccccc2OC(F)F)on1. The third-order valence-electron chi connectivity index (χ3n) is 2.29. The minimum absolute atomic E-state index is 0.0691. The molecule has 0 fully saturated rings. The van der Waals surface area contributed by atoms with E-state index >= 15 is 0 Å². The first-order chi connectivity index (χ1) is 8.70. The fourth-order valence-corrected chi connectivity index (χ4v) is 1.57. The number of hydrogen-bond donors (Lipinski definition) is 1. The topological polar surface area (TPSA) is 47.3 Å². The molecule has 0 spiro atoms. The van der Waals surface area contributed by atoms with E-state index in [0.717, 1.165) is 0 Å². The number of benzene rings is 1. The molecule has 1 N–H and O–H groups in total. The first-order valence-electron chi connectivity index (χ1n) is 5.35. The Morgan fingerprint density at radius 1 is 1.39 bits per heavy atom. The Kier molecular flexibility index (Phi) is 3.88. The quantitative estimate of drug-likeness (QED) is 0.891. The monoisotopic (exact) mass is 254 g/mol. The van der Waals surface area contributed by atoms with Crippen LogP contribution in [0.4, 0.5) is 8.78 Å². The van der Waals surface area contributed by atoms with Crippen molar-refractivity contribution in [2.24, 2.45) is 0 Å². The van der Waals surface area contributed by atoms with Gasteiger partial charge in [0.15, 0.2) is 5.76 Å². The van der Waals surface area contributed by atoms with Crippen LogP contribution in [0, 0.1) is 0 Å². The summed E-state index contributed by atoms with van der Waals surface area (Å²) in [5.74, 6) is 0.469. The van der Waals surface area contributed by atoms with Crippen LogP contribution in [0.5, 0.6) is 5.75 Å². The van der Waals surface area contributed by atoms with E-state index in [1.54, 1.807) is 31.3 Å². The lowest BCUT2D eigenvalue weighted by Crippen LogP contribution is -2.04. The largest absolute Gasteiger partial charge is 0.434 e. The third kappa shape index (κ3) is 2.84. The van der Waals surface area contributed by atoms with Gasteiger partial charge in [-0.3, -0.25) is 0 Å². The molecule has 96 valence electrons. The van der Waals surface area contributed by atoms with Crippen LogP contribution in [0.3, 0.4) is 0 Å². The summed E-state index contributed by atoms with van der Waals surface area (Å²) in [5, 5.41) is 6.74.